The Morgan fingerprint density at radius 3 is 2.85 bits per heavy atom. The highest BCUT2D eigenvalue weighted by molar-refractivity contribution is 5.94. The number of aromatic nitrogens is 4. The van der Waals surface area contributed by atoms with Crippen molar-refractivity contribution < 1.29 is 9.90 Å². The van der Waals surface area contributed by atoms with Gasteiger partial charge in [0.25, 0.3) is 5.91 Å². The number of carbonyl (C=O) groups is 1. The summed E-state index contributed by atoms with van der Waals surface area (Å²) >= 11 is 0. The summed E-state index contributed by atoms with van der Waals surface area (Å²) in [6.07, 6.45) is 6.72. The number of nitrogens with one attached hydrogen (secondary N) is 1. The van der Waals surface area contributed by atoms with Crippen LogP contribution in [0.4, 0.5) is 11.6 Å². The van der Waals surface area contributed by atoms with Gasteiger partial charge in [-0.3, -0.25) is 9.48 Å². The molecule has 0 radical (unpaired) electrons. The van der Waals surface area contributed by atoms with Crippen LogP contribution >= 0.6 is 0 Å². The molecule has 6 rings (SSSR count). The summed E-state index contributed by atoms with van der Waals surface area (Å²) in [7, 11) is 0. The number of nitrogen functional groups attached to an aromatic ring is 1. The molecule has 0 aromatic carbocycles. The maximum absolute atomic E-state index is 12.8. The Labute approximate surface area is 198 Å². The highest BCUT2D eigenvalue weighted by Crippen LogP contribution is 2.51. The number of rotatable bonds is 6. The Balaban J connectivity index is 1.09. The van der Waals surface area contributed by atoms with Crippen molar-refractivity contribution in [2.24, 2.45) is 17.8 Å². The van der Waals surface area contributed by atoms with Gasteiger partial charge in [-0.05, 0) is 66.3 Å². The van der Waals surface area contributed by atoms with Crippen LogP contribution in [0, 0.1) is 24.7 Å². The monoisotopic (exact) mass is 459 g/mol. The second kappa shape index (κ2) is 8.09. The molecule has 4 heterocycles. The lowest BCUT2D eigenvalue weighted by Gasteiger charge is -2.21. The molecule has 3 aromatic heterocycles. The van der Waals surface area contributed by atoms with Crippen molar-refractivity contribution in [3.05, 3.63) is 64.7 Å². The maximum atomic E-state index is 12.8. The third-order valence-corrected chi connectivity index (χ3v) is 7.80. The minimum Gasteiger partial charge on any atom is -0.396 e. The normalized spacial score (nSPS) is 24.7. The molecular formula is C25H29N7O2. The first kappa shape index (κ1) is 21.1. The quantitative estimate of drug-likeness (QED) is 0.513. The summed E-state index contributed by atoms with van der Waals surface area (Å²) in [5.74, 6) is 3.13. The van der Waals surface area contributed by atoms with Gasteiger partial charge in [0.05, 0.1) is 24.3 Å². The van der Waals surface area contributed by atoms with E-state index in [9.17, 15) is 9.90 Å². The number of nitrogens with two attached hydrogens (primary N) is 1. The van der Waals surface area contributed by atoms with Gasteiger partial charge in [0.15, 0.2) is 0 Å². The summed E-state index contributed by atoms with van der Waals surface area (Å²) in [4.78, 5) is 24.1. The number of piperidine rings is 1. The molecule has 3 aliphatic rings. The number of amides is 1. The van der Waals surface area contributed by atoms with Crippen LogP contribution in [0.5, 0.6) is 0 Å². The molecule has 34 heavy (non-hydrogen) atoms. The van der Waals surface area contributed by atoms with E-state index < -0.39 is 0 Å². The molecule has 2 fully saturated rings. The van der Waals surface area contributed by atoms with Crippen LogP contribution in [0.15, 0.2) is 36.8 Å². The Bertz CT molecular complexity index is 1240. The van der Waals surface area contributed by atoms with Gasteiger partial charge in [0, 0.05) is 37.8 Å². The topological polar surface area (TPSA) is 122 Å². The Hall–Kier alpha value is -3.46. The summed E-state index contributed by atoms with van der Waals surface area (Å²) in [5.41, 5.74) is 10.6. The van der Waals surface area contributed by atoms with E-state index in [0.29, 0.717) is 42.3 Å². The van der Waals surface area contributed by atoms with Gasteiger partial charge in [-0.2, -0.15) is 5.10 Å². The van der Waals surface area contributed by atoms with Crippen molar-refractivity contribution in [2.45, 2.75) is 32.4 Å². The van der Waals surface area contributed by atoms with Gasteiger partial charge in [-0.15, -0.1) is 0 Å². The number of aryl methyl sites for hydroxylation is 1. The molecule has 1 amide bonds. The van der Waals surface area contributed by atoms with E-state index in [0.717, 1.165) is 54.1 Å². The highest BCUT2D eigenvalue weighted by Gasteiger charge is 2.55. The van der Waals surface area contributed by atoms with Crippen molar-refractivity contribution in [2.75, 3.05) is 30.3 Å². The first-order valence-corrected chi connectivity index (χ1v) is 11.9. The molecule has 2 aliphatic carbocycles. The number of carbonyl (C=O) groups excluding carboxylic acids is 1. The molecule has 3 aromatic rings. The molecule has 9 heteroatoms. The second-order valence-electron chi connectivity index (χ2n) is 9.75. The van der Waals surface area contributed by atoms with E-state index in [1.54, 1.807) is 23.3 Å². The molecule has 1 unspecified atom stereocenters. The summed E-state index contributed by atoms with van der Waals surface area (Å²) < 4.78 is 1.78. The zero-order valence-corrected chi connectivity index (χ0v) is 19.2. The molecule has 1 saturated carbocycles. The van der Waals surface area contributed by atoms with Crippen LogP contribution < -0.4 is 16.0 Å². The van der Waals surface area contributed by atoms with Crippen molar-refractivity contribution >= 4 is 17.5 Å². The van der Waals surface area contributed by atoms with Crippen LogP contribution in [-0.4, -0.2) is 50.5 Å². The van der Waals surface area contributed by atoms with Crippen LogP contribution in [0.2, 0.25) is 0 Å². The zero-order valence-electron chi connectivity index (χ0n) is 19.2. The van der Waals surface area contributed by atoms with Crippen molar-refractivity contribution in [1.29, 1.82) is 0 Å². The second-order valence-corrected chi connectivity index (χ2v) is 9.75. The number of hydrogen-bond acceptors (Lipinski definition) is 7. The third kappa shape index (κ3) is 3.60. The van der Waals surface area contributed by atoms with Crippen molar-refractivity contribution in [3.63, 3.8) is 0 Å². The van der Waals surface area contributed by atoms with Crippen LogP contribution in [0.1, 0.15) is 45.2 Å². The molecular weight excluding hydrogens is 430 g/mol. The Kier molecular flexibility index (Phi) is 5.02. The smallest absolute Gasteiger partial charge is 0.254 e. The van der Waals surface area contributed by atoms with Gasteiger partial charge in [-0.25, -0.2) is 9.97 Å². The lowest BCUT2D eigenvalue weighted by atomic mass is 10.1. The minimum absolute atomic E-state index is 0.0561. The Morgan fingerprint density at radius 2 is 2.09 bits per heavy atom. The number of nitrogens with zero attached hydrogens (tertiary/aromatic N) is 5. The predicted octanol–water partition coefficient (Wildman–Crippen LogP) is 1.70. The summed E-state index contributed by atoms with van der Waals surface area (Å²) in [5, 5.41) is 16.9. The third-order valence-electron chi connectivity index (χ3n) is 7.80. The maximum Gasteiger partial charge on any atom is 0.254 e. The summed E-state index contributed by atoms with van der Waals surface area (Å²) in [6.45, 7) is 4.83. The van der Waals surface area contributed by atoms with Gasteiger partial charge in [-0.1, -0.05) is 6.07 Å². The van der Waals surface area contributed by atoms with E-state index in [1.165, 1.54) is 0 Å². The number of aliphatic hydroxyl groups excluding tert-OH is 1. The SMILES string of the molecule is Cc1nc(N2C[C@@H]3C(CO)[C@@H]3C2)ccc1Cn1cc(C(=O)N[C@@H]2CCc3c2ccnc3N)cn1. The first-order valence-electron chi connectivity index (χ1n) is 11.9. The largest absolute Gasteiger partial charge is 0.396 e. The average Bonchev–Trinajstić information content (AvgIpc) is 3.27. The molecule has 1 aliphatic heterocycles. The molecule has 0 spiro atoms. The van der Waals surface area contributed by atoms with E-state index in [4.69, 9.17) is 10.7 Å². The summed E-state index contributed by atoms with van der Waals surface area (Å²) in [6, 6.07) is 6.04. The molecule has 4 N–H and O–H groups in total. The number of hydrogen-bond donors (Lipinski definition) is 3. The number of pyridine rings is 2. The number of aliphatic hydroxyl groups is 1. The fraction of sp³-hybridized carbons (Fsp3) is 0.440. The van der Waals surface area contributed by atoms with Gasteiger partial charge >= 0.3 is 0 Å². The number of anilines is 2. The molecule has 176 valence electrons. The fourth-order valence-corrected chi connectivity index (χ4v) is 5.73. The molecule has 4 atom stereocenters. The molecule has 1 saturated heterocycles. The van der Waals surface area contributed by atoms with E-state index >= 15 is 0 Å². The molecule has 9 nitrogen and oxygen atoms in total. The highest BCUT2D eigenvalue weighted by atomic mass is 16.3. The van der Waals surface area contributed by atoms with Crippen molar-refractivity contribution in [3.8, 4) is 0 Å². The lowest BCUT2D eigenvalue weighted by Crippen LogP contribution is -2.26. The predicted molar refractivity (Wildman–Crippen MR) is 127 cm³/mol. The lowest BCUT2D eigenvalue weighted by molar-refractivity contribution is 0.0936. The van der Waals surface area contributed by atoms with Crippen LogP contribution in [-0.2, 0) is 13.0 Å². The van der Waals surface area contributed by atoms with E-state index in [2.05, 4.69) is 32.4 Å². The van der Waals surface area contributed by atoms with Gasteiger partial charge in [0.1, 0.15) is 11.6 Å². The van der Waals surface area contributed by atoms with E-state index in [-0.39, 0.29) is 11.9 Å². The first-order chi connectivity index (χ1) is 16.5. The van der Waals surface area contributed by atoms with Gasteiger partial charge < -0.3 is 21.1 Å². The Morgan fingerprint density at radius 1 is 1.26 bits per heavy atom. The van der Waals surface area contributed by atoms with Crippen LogP contribution in [0.25, 0.3) is 0 Å². The van der Waals surface area contributed by atoms with E-state index in [1.807, 2.05) is 13.0 Å². The van der Waals surface area contributed by atoms with Crippen LogP contribution in [0.3, 0.4) is 0 Å². The van der Waals surface area contributed by atoms with Gasteiger partial charge in [0.2, 0.25) is 0 Å². The van der Waals surface area contributed by atoms with Crippen molar-refractivity contribution in [1.82, 2.24) is 25.1 Å². The minimum atomic E-state index is -0.140. The fourth-order valence-electron chi connectivity index (χ4n) is 5.73. The number of fused-ring (bicyclic) bond motifs is 2. The zero-order chi connectivity index (χ0) is 23.4. The molecule has 0 bridgehead atoms. The standard InChI is InChI=1S/C25H29N7O2/c1-14-15(2-5-23(29-14)31-11-19-20(12-31)21(19)13-33)9-32-10-16(8-28-32)25(34)30-22-4-3-18-17(22)6-7-27-24(18)26/h2,5-8,10,19-22,33H,3-4,9,11-13H2,1H3,(H2,26,27)(H,30,34)/t19-,20+,21?,22-/m1/s1. The average molecular weight is 460 g/mol.